The topological polar surface area (TPSA) is 90.0 Å². The van der Waals surface area contributed by atoms with Gasteiger partial charge in [-0.3, -0.25) is 4.79 Å². The molecule has 1 atom stereocenters. The van der Waals surface area contributed by atoms with Gasteiger partial charge >= 0.3 is 0 Å². The van der Waals surface area contributed by atoms with Crippen molar-refractivity contribution in [2.45, 2.75) is 12.0 Å². The Bertz CT molecular complexity index is 912. The van der Waals surface area contributed by atoms with Gasteiger partial charge in [-0.05, 0) is 48.4 Å². The third-order valence-corrected chi connectivity index (χ3v) is 4.68. The number of carbonyl (C=O) groups is 1. The molecule has 6 nitrogen and oxygen atoms in total. The smallest absolute Gasteiger partial charge is 0.251 e. The lowest BCUT2D eigenvalue weighted by atomic mass is 10.0. The van der Waals surface area contributed by atoms with Crippen molar-refractivity contribution >= 4 is 16.9 Å². The predicted molar refractivity (Wildman–Crippen MR) is 96.3 cm³/mol. The maximum absolute atomic E-state index is 12.4. The Morgan fingerprint density at radius 3 is 2.96 bits per heavy atom. The number of rotatable bonds is 4. The summed E-state index contributed by atoms with van der Waals surface area (Å²) in [6.07, 6.45) is 2.32. The van der Waals surface area contributed by atoms with Crippen LogP contribution < -0.4 is 10.6 Å². The Labute approximate surface area is 145 Å². The third-order valence-electron chi connectivity index (χ3n) is 4.68. The second-order valence-corrected chi connectivity index (χ2v) is 6.55. The van der Waals surface area contributed by atoms with Crippen molar-refractivity contribution in [3.05, 3.63) is 54.4 Å². The number of imidazole rings is 1. The lowest BCUT2D eigenvalue weighted by molar-refractivity contribution is 0.0562. The van der Waals surface area contributed by atoms with Crippen LogP contribution in [0.25, 0.3) is 22.2 Å². The van der Waals surface area contributed by atoms with Gasteiger partial charge in [0, 0.05) is 18.7 Å². The Morgan fingerprint density at radius 2 is 2.12 bits per heavy atom. The number of hydrogen-bond acceptors (Lipinski definition) is 4. The number of aromatic nitrogens is 2. The summed E-state index contributed by atoms with van der Waals surface area (Å²) in [5, 5.41) is 16.3. The number of H-pyrrole nitrogens is 1. The van der Waals surface area contributed by atoms with E-state index in [1.807, 2.05) is 36.4 Å². The maximum atomic E-state index is 12.4. The number of carbonyl (C=O) groups excluding carboxylic acids is 1. The molecule has 3 aromatic rings. The maximum Gasteiger partial charge on any atom is 0.251 e. The minimum atomic E-state index is -0.848. The van der Waals surface area contributed by atoms with Gasteiger partial charge in [0.05, 0.1) is 23.0 Å². The van der Waals surface area contributed by atoms with Crippen molar-refractivity contribution in [1.29, 1.82) is 0 Å². The van der Waals surface area contributed by atoms with Crippen LogP contribution in [0.1, 0.15) is 16.8 Å². The summed E-state index contributed by atoms with van der Waals surface area (Å²) in [5.41, 5.74) is 3.59. The van der Waals surface area contributed by atoms with Crippen LogP contribution in [0.4, 0.5) is 0 Å². The largest absolute Gasteiger partial charge is 0.387 e. The molecule has 0 bridgehead atoms. The Kier molecular flexibility index (Phi) is 3.99. The van der Waals surface area contributed by atoms with Gasteiger partial charge in [-0.15, -0.1) is 0 Å². The average Bonchev–Trinajstić information content (AvgIpc) is 3.28. The summed E-state index contributed by atoms with van der Waals surface area (Å²) in [5.74, 6) is -0.176. The lowest BCUT2D eigenvalue weighted by Gasteiger charge is -2.21. The molecule has 1 amide bonds. The first kappa shape index (κ1) is 15.8. The van der Waals surface area contributed by atoms with Crippen LogP contribution in [-0.4, -0.2) is 46.2 Å². The zero-order valence-corrected chi connectivity index (χ0v) is 13.7. The second-order valence-electron chi connectivity index (χ2n) is 6.55. The van der Waals surface area contributed by atoms with Gasteiger partial charge in [0.2, 0.25) is 0 Å². The van der Waals surface area contributed by atoms with Gasteiger partial charge in [0.15, 0.2) is 0 Å². The SMILES string of the molecule is O=C(NC[C@@]1(O)CCNC1)c1cccc(-c2ccc3nc[nH]c3c2)c1. The molecule has 4 N–H and O–H groups in total. The Hall–Kier alpha value is -2.70. The summed E-state index contributed by atoms with van der Waals surface area (Å²) in [6.45, 7) is 1.54. The van der Waals surface area contributed by atoms with Gasteiger partial charge in [0.1, 0.15) is 0 Å². The zero-order chi connectivity index (χ0) is 17.3. The number of nitrogens with one attached hydrogen (secondary N) is 3. The first-order chi connectivity index (χ1) is 12.1. The molecule has 6 heteroatoms. The van der Waals surface area contributed by atoms with E-state index in [2.05, 4.69) is 20.6 Å². The van der Waals surface area contributed by atoms with E-state index in [1.54, 1.807) is 12.4 Å². The minimum Gasteiger partial charge on any atom is -0.387 e. The number of nitrogens with zero attached hydrogens (tertiary/aromatic N) is 1. The molecule has 128 valence electrons. The zero-order valence-electron chi connectivity index (χ0n) is 13.7. The molecule has 2 heterocycles. The molecule has 0 radical (unpaired) electrons. The fourth-order valence-corrected chi connectivity index (χ4v) is 3.18. The molecule has 25 heavy (non-hydrogen) atoms. The van der Waals surface area contributed by atoms with Crippen LogP contribution in [0.15, 0.2) is 48.8 Å². The van der Waals surface area contributed by atoms with Crippen molar-refractivity contribution in [2.24, 2.45) is 0 Å². The number of aliphatic hydroxyl groups is 1. The molecule has 1 aromatic heterocycles. The van der Waals surface area contributed by atoms with E-state index in [0.29, 0.717) is 18.5 Å². The van der Waals surface area contributed by atoms with Crippen molar-refractivity contribution < 1.29 is 9.90 Å². The van der Waals surface area contributed by atoms with E-state index in [9.17, 15) is 9.90 Å². The van der Waals surface area contributed by atoms with E-state index in [0.717, 1.165) is 28.7 Å². The van der Waals surface area contributed by atoms with Crippen molar-refractivity contribution in [2.75, 3.05) is 19.6 Å². The summed E-state index contributed by atoms with van der Waals surface area (Å²) >= 11 is 0. The summed E-state index contributed by atoms with van der Waals surface area (Å²) in [6, 6.07) is 13.5. The summed E-state index contributed by atoms with van der Waals surface area (Å²) < 4.78 is 0. The first-order valence-corrected chi connectivity index (χ1v) is 8.38. The molecule has 0 spiro atoms. The molecule has 1 aliphatic heterocycles. The van der Waals surface area contributed by atoms with E-state index in [-0.39, 0.29) is 12.5 Å². The normalized spacial score (nSPS) is 20.0. The van der Waals surface area contributed by atoms with Crippen LogP contribution in [-0.2, 0) is 0 Å². The highest BCUT2D eigenvalue weighted by Gasteiger charge is 2.31. The second kappa shape index (κ2) is 6.31. The van der Waals surface area contributed by atoms with Crippen LogP contribution in [0, 0.1) is 0 Å². The molecule has 2 aromatic carbocycles. The monoisotopic (exact) mass is 336 g/mol. The number of hydrogen-bond donors (Lipinski definition) is 4. The van der Waals surface area contributed by atoms with Crippen molar-refractivity contribution in [1.82, 2.24) is 20.6 Å². The van der Waals surface area contributed by atoms with Crippen LogP contribution >= 0.6 is 0 Å². The fourth-order valence-electron chi connectivity index (χ4n) is 3.18. The van der Waals surface area contributed by atoms with Crippen LogP contribution in [0.3, 0.4) is 0 Å². The quantitative estimate of drug-likeness (QED) is 0.584. The van der Waals surface area contributed by atoms with Gasteiger partial charge in [0.25, 0.3) is 5.91 Å². The van der Waals surface area contributed by atoms with E-state index >= 15 is 0 Å². The molecular weight excluding hydrogens is 316 g/mol. The molecule has 1 aliphatic rings. The molecule has 0 unspecified atom stereocenters. The highest BCUT2D eigenvalue weighted by atomic mass is 16.3. The van der Waals surface area contributed by atoms with Gasteiger partial charge in [-0.1, -0.05) is 18.2 Å². The number of fused-ring (bicyclic) bond motifs is 1. The number of aromatic amines is 1. The average molecular weight is 336 g/mol. The van der Waals surface area contributed by atoms with Crippen molar-refractivity contribution in [3.8, 4) is 11.1 Å². The van der Waals surface area contributed by atoms with Crippen molar-refractivity contribution in [3.63, 3.8) is 0 Å². The standard InChI is InChI=1S/C19H20N4O2/c24-18(21-11-19(25)6-7-20-10-19)15-3-1-2-13(8-15)14-4-5-16-17(9-14)23-12-22-16/h1-5,8-9,12,20,25H,6-7,10-11H2,(H,21,24)(H,22,23)/t19-/m1/s1. The van der Waals surface area contributed by atoms with Crippen LogP contribution in [0.2, 0.25) is 0 Å². The van der Waals surface area contributed by atoms with Gasteiger partial charge < -0.3 is 20.7 Å². The third kappa shape index (κ3) is 3.26. The number of β-amino-alcohol motifs (C(OH)–C–C–N with tert-alkyl or cyclic N) is 1. The fraction of sp³-hybridized carbons (Fsp3) is 0.263. The molecule has 4 rings (SSSR count). The molecule has 1 fully saturated rings. The van der Waals surface area contributed by atoms with E-state index < -0.39 is 5.60 Å². The molecule has 0 saturated carbocycles. The van der Waals surface area contributed by atoms with E-state index in [4.69, 9.17) is 0 Å². The lowest BCUT2D eigenvalue weighted by Crippen LogP contribution is -2.44. The van der Waals surface area contributed by atoms with E-state index in [1.165, 1.54) is 0 Å². The highest BCUT2D eigenvalue weighted by Crippen LogP contribution is 2.24. The molecule has 1 saturated heterocycles. The highest BCUT2D eigenvalue weighted by molar-refractivity contribution is 5.95. The Balaban J connectivity index is 1.53. The predicted octanol–water partition coefficient (Wildman–Crippen LogP) is 1.68. The first-order valence-electron chi connectivity index (χ1n) is 8.38. The van der Waals surface area contributed by atoms with Gasteiger partial charge in [-0.25, -0.2) is 4.98 Å². The number of benzene rings is 2. The minimum absolute atomic E-state index is 0.176. The molecule has 0 aliphatic carbocycles. The number of amides is 1. The summed E-state index contributed by atoms with van der Waals surface area (Å²) in [4.78, 5) is 19.8. The Morgan fingerprint density at radius 1 is 1.24 bits per heavy atom. The molecular formula is C19H20N4O2. The van der Waals surface area contributed by atoms with Gasteiger partial charge in [-0.2, -0.15) is 0 Å². The summed E-state index contributed by atoms with van der Waals surface area (Å²) in [7, 11) is 0. The van der Waals surface area contributed by atoms with Crippen LogP contribution in [0.5, 0.6) is 0 Å².